The van der Waals surface area contributed by atoms with Crippen LogP contribution in [0.4, 0.5) is 0 Å². The number of hydrogen-bond donors (Lipinski definition) is 1. The molecule has 0 aromatic rings. The summed E-state index contributed by atoms with van der Waals surface area (Å²) in [5.74, 6) is 0.189. The van der Waals surface area contributed by atoms with Gasteiger partial charge in [-0.2, -0.15) is 0 Å². The van der Waals surface area contributed by atoms with Gasteiger partial charge in [0.2, 0.25) is 0 Å². The van der Waals surface area contributed by atoms with Gasteiger partial charge in [-0.3, -0.25) is 9.59 Å². The molecule has 0 aromatic heterocycles. The topological polar surface area (TPSA) is 63.6 Å². The van der Waals surface area contributed by atoms with Gasteiger partial charge in [-0.1, -0.05) is 130 Å². The summed E-state index contributed by atoms with van der Waals surface area (Å²) in [4.78, 5) is 24.9. The van der Waals surface area contributed by atoms with Crippen molar-refractivity contribution in [1.82, 2.24) is 0 Å². The number of ether oxygens (including phenoxy) is 1. The predicted molar refractivity (Wildman–Crippen MR) is 183 cm³/mol. The molecule has 0 aromatic carbocycles. The minimum absolute atomic E-state index is 0.0209. The minimum atomic E-state index is -0.857. The first-order valence-corrected chi connectivity index (χ1v) is 15.9. The minimum Gasteiger partial charge on any atom is -0.387 e. The van der Waals surface area contributed by atoms with Crippen LogP contribution in [0, 0.1) is 16.2 Å². The second-order valence-electron chi connectivity index (χ2n) is 14.9. The second-order valence-corrected chi connectivity index (χ2v) is 14.9. The van der Waals surface area contributed by atoms with Gasteiger partial charge in [-0.15, -0.1) is 0 Å². The van der Waals surface area contributed by atoms with Crippen LogP contribution in [0.3, 0.4) is 0 Å². The van der Waals surface area contributed by atoms with E-state index in [1.165, 1.54) is 0 Å². The predicted octanol–water partition coefficient (Wildman–Crippen LogP) is 9.23. The van der Waals surface area contributed by atoms with Crippen LogP contribution in [-0.4, -0.2) is 34.0 Å². The Morgan fingerprint density at radius 3 is 1.66 bits per heavy atom. The molecule has 3 aliphatic rings. The molecular formula is C40H54O4. The number of aliphatic hydroxyl groups is 1. The molecule has 2 bridgehead atoms. The summed E-state index contributed by atoms with van der Waals surface area (Å²) in [6.07, 6.45) is 30.5. The molecule has 3 fully saturated rings. The molecule has 4 heteroatoms. The van der Waals surface area contributed by atoms with Crippen LogP contribution >= 0.6 is 0 Å². The van der Waals surface area contributed by atoms with E-state index in [4.69, 9.17) is 4.74 Å². The fourth-order valence-corrected chi connectivity index (χ4v) is 6.98. The molecule has 1 N–H and O–H groups in total. The average Bonchev–Trinajstić information content (AvgIpc) is 3.41. The monoisotopic (exact) mass is 598 g/mol. The normalized spacial score (nSPS) is 33.1. The SMILES string of the molecule is CC(/C=C/C=C(C)/C=C/C(=O)[C@]1(C)CC(=O)CC1(C)C)=C\C=C\C=C(C)\C=C\C=C(C)\C=C\[C@@]12O[C@@H](CC1(C)C)C[C@@]2(C)O. The van der Waals surface area contributed by atoms with Gasteiger partial charge in [0.1, 0.15) is 11.4 Å². The molecule has 2 aliphatic heterocycles. The Morgan fingerprint density at radius 2 is 1.18 bits per heavy atom. The first-order valence-electron chi connectivity index (χ1n) is 15.9. The number of hydrogen-bond acceptors (Lipinski definition) is 4. The first kappa shape index (κ1) is 35.4. The van der Waals surface area contributed by atoms with E-state index in [2.05, 4.69) is 64.2 Å². The molecule has 1 saturated carbocycles. The fourth-order valence-electron chi connectivity index (χ4n) is 6.98. The number of rotatable bonds is 11. The zero-order valence-electron chi connectivity index (χ0n) is 28.7. The molecule has 1 aliphatic carbocycles. The van der Waals surface area contributed by atoms with E-state index in [1.54, 1.807) is 6.08 Å². The highest BCUT2D eigenvalue weighted by atomic mass is 16.5. The Kier molecular flexibility index (Phi) is 10.9. The molecule has 3 rings (SSSR count). The Balaban J connectivity index is 1.50. The maximum Gasteiger partial charge on any atom is 0.162 e. The lowest BCUT2D eigenvalue weighted by Crippen LogP contribution is -2.56. The molecule has 0 unspecified atom stereocenters. The lowest BCUT2D eigenvalue weighted by atomic mass is 9.61. The van der Waals surface area contributed by atoms with Crippen molar-refractivity contribution in [2.24, 2.45) is 16.2 Å². The second kappa shape index (κ2) is 13.5. The van der Waals surface area contributed by atoms with Crippen LogP contribution in [0.5, 0.6) is 0 Å². The maximum atomic E-state index is 12.9. The standard InChI is InChI=1S/C40H54O4/c1-29(17-13-19-31(3)21-22-35(42)38(9)26-33(41)25-36(38,5)6)15-11-12-16-30(2)18-14-20-32(4)23-24-40-37(7,8)27-34(44-40)28-39(40,10)43/h11-24,34,43H,25-28H2,1-10H3/b12-11+,17-13+,18-14+,22-21+,24-23+,29-15+,30-16+,31-19+,32-20+/t34-,38-,39+,40+/m0/s1. The molecule has 0 amide bonds. The molecule has 4 atom stereocenters. The van der Waals surface area contributed by atoms with E-state index in [0.29, 0.717) is 19.3 Å². The first-order chi connectivity index (χ1) is 20.3. The number of ketones is 2. The number of fused-ring (bicyclic) bond motifs is 2. The summed E-state index contributed by atoms with van der Waals surface area (Å²) in [6, 6.07) is 0. The molecule has 44 heavy (non-hydrogen) atoms. The molecule has 2 saturated heterocycles. The highest BCUT2D eigenvalue weighted by Crippen LogP contribution is 2.60. The van der Waals surface area contributed by atoms with Gasteiger partial charge in [0.25, 0.3) is 0 Å². The van der Waals surface area contributed by atoms with Crippen LogP contribution in [0.15, 0.2) is 107 Å². The smallest absolute Gasteiger partial charge is 0.162 e. The number of carbonyl (C=O) groups excluding carboxylic acids is 2. The van der Waals surface area contributed by atoms with Gasteiger partial charge >= 0.3 is 0 Å². The van der Waals surface area contributed by atoms with Gasteiger partial charge in [-0.05, 0) is 58.6 Å². The van der Waals surface area contributed by atoms with Crippen molar-refractivity contribution in [3.8, 4) is 0 Å². The third-order valence-corrected chi connectivity index (χ3v) is 10.1. The van der Waals surface area contributed by atoms with Gasteiger partial charge in [0.05, 0.1) is 11.7 Å². The lowest BCUT2D eigenvalue weighted by molar-refractivity contribution is -0.128. The van der Waals surface area contributed by atoms with Crippen molar-refractivity contribution in [3.05, 3.63) is 107 Å². The summed E-state index contributed by atoms with van der Waals surface area (Å²) >= 11 is 0. The molecule has 0 radical (unpaired) electrons. The quantitative estimate of drug-likeness (QED) is 0.190. The Hall–Kier alpha value is -3.08. The van der Waals surface area contributed by atoms with E-state index >= 15 is 0 Å². The summed E-state index contributed by atoms with van der Waals surface area (Å²) in [5, 5.41) is 11.1. The highest BCUT2D eigenvalue weighted by Gasteiger charge is 2.67. The molecular weight excluding hydrogens is 544 g/mol. The van der Waals surface area contributed by atoms with Gasteiger partial charge in [0.15, 0.2) is 5.78 Å². The van der Waals surface area contributed by atoms with E-state index in [9.17, 15) is 14.7 Å². The Labute approximate surface area is 266 Å². The third kappa shape index (κ3) is 7.76. The number of carbonyl (C=O) groups is 2. The van der Waals surface area contributed by atoms with Crippen molar-refractivity contribution in [1.29, 1.82) is 0 Å². The van der Waals surface area contributed by atoms with Crippen molar-refractivity contribution >= 4 is 11.6 Å². The largest absolute Gasteiger partial charge is 0.387 e. The third-order valence-electron chi connectivity index (χ3n) is 10.1. The zero-order chi connectivity index (χ0) is 33.0. The molecule has 2 heterocycles. The van der Waals surface area contributed by atoms with Gasteiger partial charge in [0, 0.05) is 30.1 Å². The van der Waals surface area contributed by atoms with Crippen LogP contribution in [0.1, 0.15) is 94.9 Å². The molecule has 0 spiro atoms. The van der Waals surface area contributed by atoms with E-state index in [-0.39, 0.29) is 28.5 Å². The summed E-state index contributed by atoms with van der Waals surface area (Å²) < 4.78 is 6.30. The summed E-state index contributed by atoms with van der Waals surface area (Å²) in [7, 11) is 0. The Bertz CT molecular complexity index is 1380. The molecule has 4 nitrogen and oxygen atoms in total. The van der Waals surface area contributed by atoms with Crippen LogP contribution < -0.4 is 0 Å². The van der Waals surface area contributed by atoms with Crippen molar-refractivity contribution in [2.75, 3.05) is 0 Å². The van der Waals surface area contributed by atoms with E-state index < -0.39 is 16.6 Å². The fraction of sp³-hybridized carbons (Fsp3) is 0.500. The van der Waals surface area contributed by atoms with Gasteiger partial charge < -0.3 is 9.84 Å². The van der Waals surface area contributed by atoms with E-state index in [0.717, 1.165) is 28.7 Å². The number of allylic oxidation sites excluding steroid dienone is 17. The lowest BCUT2D eigenvalue weighted by Gasteiger charge is -2.46. The highest BCUT2D eigenvalue weighted by molar-refractivity contribution is 6.01. The van der Waals surface area contributed by atoms with Gasteiger partial charge in [-0.25, -0.2) is 0 Å². The van der Waals surface area contributed by atoms with Crippen molar-refractivity contribution < 1.29 is 19.4 Å². The summed E-state index contributed by atoms with van der Waals surface area (Å²) in [6.45, 7) is 20.3. The molecule has 238 valence electrons. The average molecular weight is 599 g/mol. The van der Waals surface area contributed by atoms with E-state index in [1.807, 2.05) is 84.1 Å². The van der Waals surface area contributed by atoms with Crippen LogP contribution in [-0.2, 0) is 14.3 Å². The van der Waals surface area contributed by atoms with Crippen LogP contribution in [0.2, 0.25) is 0 Å². The van der Waals surface area contributed by atoms with Crippen LogP contribution in [0.25, 0.3) is 0 Å². The van der Waals surface area contributed by atoms with Crippen molar-refractivity contribution in [3.63, 3.8) is 0 Å². The zero-order valence-corrected chi connectivity index (χ0v) is 28.7. The maximum absolute atomic E-state index is 12.9. The number of Topliss-reactive ketones (excluding diaryl/α,β-unsaturated/α-hetero) is 1. The Morgan fingerprint density at radius 1 is 0.682 bits per heavy atom. The summed E-state index contributed by atoms with van der Waals surface area (Å²) in [5.41, 5.74) is 1.76. The van der Waals surface area contributed by atoms with Crippen molar-refractivity contribution in [2.45, 2.75) is 112 Å².